The Balaban J connectivity index is 1.43. The van der Waals surface area contributed by atoms with Gasteiger partial charge in [0.2, 0.25) is 0 Å². The Bertz CT molecular complexity index is 558. The number of hydrogen-bond donors (Lipinski definition) is 0. The first-order valence-electron chi connectivity index (χ1n) is 9.39. The van der Waals surface area contributed by atoms with Gasteiger partial charge in [-0.15, -0.1) is 0 Å². The molecule has 0 aromatic heterocycles. The lowest BCUT2D eigenvalue weighted by molar-refractivity contribution is 0.0728. The molecule has 1 aromatic carbocycles. The summed E-state index contributed by atoms with van der Waals surface area (Å²) in [7, 11) is 4.16. The number of aliphatic imine (C=N–C) groups is 1. The fraction of sp³-hybridized carbons (Fsp3) is 0.667. The maximum absolute atomic E-state index is 4.91. The van der Waals surface area contributed by atoms with Crippen molar-refractivity contribution in [3.63, 3.8) is 0 Å². The summed E-state index contributed by atoms with van der Waals surface area (Å²) < 4.78 is 0. The van der Waals surface area contributed by atoms with E-state index in [2.05, 4.69) is 49.5 Å². The van der Waals surface area contributed by atoms with Crippen molar-refractivity contribution in [2.24, 2.45) is 28.2 Å². The van der Waals surface area contributed by atoms with E-state index in [0.29, 0.717) is 5.41 Å². The number of nitrogens with zero attached hydrogens (tertiary/aromatic N) is 2. The summed E-state index contributed by atoms with van der Waals surface area (Å²) in [5.41, 5.74) is 3.02. The van der Waals surface area contributed by atoms with Crippen LogP contribution in [0, 0.1) is 23.2 Å². The molecule has 124 valence electrons. The maximum Gasteiger partial charge on any atom is 0.0446 e. The third-order valence-electron chi connectivity index (χ3n) is 6.60. The predicted molar refractivity (Wildman–Crippen MR) is 98.5 cm³/mol. The second-order valence-corrected chi connectivity index (χ2v) is 8.71. The lowest BCUT2D eigenvalue weighted by atomic mass is 9.61. The van der Waals surface area contributed by atoms with Crippen LogP contribution in [-0.4, -0.2) is 26.9 Å². The smallest absolute Gasteiger partial charge is 0.0446 e. The summed E-state index contributed by atoms with van der Waals surface area (Å²) in [6.45, 7) is 1.06. The van der Waals surface area contributed by atoms with E-state index in [0.717, 1.165) is 24.3 Å². The minimum Gasteiger partial charge on any atom is -0.378 e. The highest BCUT2D eigenvalue weighted by Crippen LogP contribution is 2.57. The molecule has 0 N–H and O–H groups in total. The van der Waals surface area contributed by atoms with E-state index >= 15 is 0 Å². The van der Waals surface area contributed by atoms with Gasteiger partial charge in [-0.2, -0.15) is 0 Å². The maximum atomic E-state index is 4.91. The number of fused-ring (bicyclic) bond motifs is 1. The van der Waals surface area contributed by atoms with Crippen molar-refractivity contribution in [2.45, 2.75) is 44.9 Å². The summed E-state index contributed by atoms with van der Waals surface area (Å²) in [5, 5.41) is 0. The van der Waals surface area contributed by atoms with Crippen LogP contribution in [0.3, 0.4) is 0 Å². The van der Waals surface area contributed by atoms with Gasteiger partial charge in [-0.1, -0.05) is 12.1 Å². The minimum absolute atomic E-state index is 0.541. The molecule has 23 heavy (non-hydrogen) atoms. The summed E-state index contributed by atoms with van der Waals surface area (Å²) in [6, 6.07) is 8.72. The van der Waals surface area contributed by atoms with E-state index in [1.165, 1.54) is 56.2 Å². The average Bonchev–Trinajstić information content (AvgIpc) is 2.72. The van der Waals surface area contributed by atoms with Gasteiger partial charge in [0.15, 0.2) is 0 Å². The van der Waals surface area contributed by atoms with Crippen molar-refractivity contribution in [1.82, 2.24) is 0 Å². The second-order valence-electron chi connectivity index (χ2n) is 8.71. The van der Waals surface area contributed by atoms with E-state index in [1.807, 2.05) is 0 Å². The van der Waals surface area contributed by atoms with Gasteiger partial charge < -0.3 is 4.90 Å². The largest absolute Gasteiger partial charge is 0.378 e. The Morgan fingerprint density at radius 3 is 2.35 bits per heavy atom. The summed E-state index contributed by atoms with van der Waals surface area (Å²) in [5.74, 6) is 3.08. The van der Waals surface area contributed by atoms with Gasteiger partial charge >= 0.3 is 0 Å². The molecule has 2 heteroatoms. The van der Waals surface area contributed by atoms with Gasteiger partial charge in [0, 0.05) is 32.5 Å². The first-order chi connectivity index (χ1) is 11.1. The molecule has 0 amide bonds. The fourth-order valence-corrected chi connectivity index (χ4v) is 5.71. The van der Waals surface area contributed by atoms with Crippen LogP contribution >= 0.6 is 0 Å². The molecular formula is C21H30N2. The lowest BCUT2D eigenvalue weighted by Gasteiger charge is -2.44. The highest BCUT2D eigenvalue weighted by molar-refractivity contribution is 5.80. The van der Waals surface area contributed by atoms with Crippen molar-refractivity contribution >= 4 is 11.9 Å². The monoisotopic (exact) mass is 310 g/mol. The van der Waals surface area contributed by atoms with Gasteiger partial charge in [0.1, 0.15) is 0 Å². The zero-order valence-electron chi connectivity index (χ0n) is 14.7. The predicted octanol–water partition coefficient (Wildman–Crippen LogP) is 4.78. The van der Waals surface area contributed by atoms with E-state index in [-0.39, 0.29) is 0 Å². The highest BCUT2D eigenvalue weighted by Gasteiger charge is 2.47. The van der Waals surface area contributed by atoms with E-state index < -0.39 is 0 Å². The number of benzene rings is 1. The highest BCUT2D eigenvalue weighted by atomic mass is 15.1. The van der Waals surface area contributed by atoms with Gasteiger partial charge in [-0.3, -0.25) is 4.99 Å². The number of anilines is 1. The molecule has 4 atom stereocenters. The van der Waals surface area contributed by atoms with Crippen molar-refractivity contribution < 1.29 is 0 Å². The summed E-state index contributed by atoms with van der Waals surface area (Å²) >= 11 is 0. The topological polar surface area (TPSA) is 15.6 Å². The molecule has 1 aromatic rings. The quantitative estimate of drug-likeness (QED) is 0.731. The number of hydrogen-bond acceptors (Lipinski definition) is 2. The average molecular weight is 310 g/mol. The van der Waals surface area contributed by atoms with Crippen molar-refractivity contribution in [1.29, 1.82) is 0 Å². The Morgan fingerprint density at radius 1 is 1.04 bits per heavy atom. The van der Waals surface area contributed by atoms with Gasteiger partial charge in [0.25, 0.3) is 0 Å². The molecule has 0 heterocycles. The Labute approximate surface area is 141 Å². The van der Waals surface area contributed by atoms with Crippen LogP contribution < -0.4 is 4.90 Å². The van der Waals surface area contributed by atoms with Crippen LogP contribution in [0.25, 0.3) is 0 Å². The van der Waals surface area contributed by atoms with Crippen molar-refractivity contribution in [2.75, 3.05) is 25.5 Å². The standard InChI is InChI=1S/C21H30N2/c1-23(2)20-5-3-16(4-6-20)14-22-15-21-8-7-17-9-18(12-21)11-19(10-17)13-21/h3-6,14,17-19H,7-13,15H2,1-2H3/t17?,18-,19+,21?. The van der Waals surface area contributed by atoms with Gasteiger partial charge in [0.05, 0.1) is 0 Å². The third-order valence-corrected chi connectivity index (χ3v) is 6.60. The molecule has 5 rings (SSSR count). The Hall–Kier alpha value is -1.31. The Morgan fingerprint density at radius 2 is 1.70 bits per heavy atom. The van der Waals surface area contributed by atoms with Crippen LogP contribution in [0.15, 0.2) is 29.3 Å². The molecule has 0 radical (unpaired) electrons. The van der Waals surface area contributed by atoms with E-state index in [1.54, 1.807) is 0 Å². The van der Waals surface area contributed by atoms with Crippen LogP contribution in [0.4, 0.5) is 5.69 Å². The molecule has 4 bridgehead atoms. The van der Waals surface area contributed by atoms with Crippen LogP contribution in [0.5, 0.6) is 0 Å². The molecule has 2 unspecified atom stereocenters. The van der Waals surface area contributed by atoms with E-state index in [9.17, 15) is 0 Å². The first-order valence-corrected chi connectivity index (χ1v) is 9.39. The SMILES string of the molecule is CN(C)c1ccc(C=NCC23CCC4C[C@H](C[C@H](C4)C2)C3)cc1. The molecule has 0 saturated heterocycles. The Kier molecular flexibility index (Phi) is 3.95. The molecular weight excluding hydrogens is 280 g/mol. The minimum atomic E-state index is 0.541. The summed E-state index contributed by atoms with van der Waals surface area (Å²) in [6.07, 6.45) is 12.5. The van der Waals surface area contributed by atoms with Crippen LogP contribution in [0.1, 0.15) is 50.5 Å². The molecule has 4 aliphatic rings. The second kappa shape index (κ2) is 5.96. The van der Waals surface area contributed by atoms with E-state index in [4.69, 9.17) is 4.99 Å². The van der Waals surface area contributed by atoms with Crippen LogP contribution in [0.2, 0.25) is 0 Å². The molecule has 0 spiro atoms. The van der Waals surface area contributed by atoms with Crippen molar-refractivity contribution in [3.8, 4) is 0 Å². The molecule has 2 nitrogen and oxygen atoms in total. The van der Waals surface area contributed by atoms with Crippen LogP contribution in [-0.2, 0) is 0 Å². The molecule has 4 fully saturated rings. The molecule has 0 aliphatic heterocycles. The molecule has 4 saturated carbocycles. The number of rotatable bonds is 4. The van der Waals surface area contributed by atoms with Gasteiger partial charge in [-0.25, -0.2) is 0 Å². The third kappa shape index (κ3) is 3.18. The summed E-state index contributed by atoms with van der Waals surface area (Å²) in [4.78, 5) is 7.05. The molecule has 4 aliphatic carbocycles. The lowest BCUT2D eigenvalue weighted by Crippen LogP contribution is -2.36. The van der Waals surface area contributed by atoms with Crippen molar-refractivity contribution in [3.05, 3.63) is 29.8 Å². The zero-order chi connectivity index (χ0) is 15.9. The fourth-order valence-electron chi connectivity index (χ4n) is 5.71. The first kappa shape index (κ1) is 15.2. The zero-order valence-corrected chi connectivity index (χ0v) is 14.7. The normalized spacial score (nSPS) is 35.7. The van der Waals surface area contributed by atoms with Gasteiger partial charge in [-0.05, 0) is 85.8 Å².